The van der Waals surface area contributed by atoms with Gasteiger partial charge in [-0.05, 0) is 22.0 Å². The van der Waals surface area contributed by atoms with Crippen molar-refractivity contribution in [1.82, 2.24) is 0 Å². The SMILES string of the molecule is C[Si](C)(C)c1c(Cl)c(Br)cc(Cl)c1OS(=O)(=O)C(F)(F)F. The van der Waals surface area contributed by atoms with Gasteiger partial charge < -0.3 is 4.18 Å². The Balaban J connectivity index is 3.62. The maximum atomic E-state index is 12.5. The lowest BCUT2D eigenvalue weighted by atomic mass is 10.3. The summed E-state index contributed by atoms with van der Waals surface area (Å²) >= 11 is 15.0. The van der Waals surface area contributed by atoms with Crippen LogP contribution in [-0.4, -0.2) is 22.0 Å². The fourth-order valence-electron chi connectivity index (χ4n) is 1.49. The Kier molecular flexibility index (Phi) is 5.38. The predicted molar refractivity (Wildman–Crippen MR) is 82.7 cm³/mol. The second kappa shape index (κ2) is 5.92. The monoisotopic (exact) mass is 444 g/mol. The zero-order valence-electron chi connectivity index (χ0n) is 11.0. The van der Waals surface area contributed by atoms with E-state index in [1.165, 1.54) is 6.07 Å². The summed E-state index contributed by atoms with van der Waals surface area (Å²) in [5, 5.41) is 0.0128. The summed E-state index contributed by atoms with van der Waals surface area (Å²) in [5.41, 5.74) is -5.55. The van der Waals surface area contributed by atoms with Crippen LogP contribution in [0.1, 0.15) is 0 Å². The van der Waals surface area contributed by atoms with E-state index in [0.717, 1.165) is 0 Å². The molecule has 1 aromatic rings. The quantitative estimate of drug-likeness (QED) is 0.297. The first-order valence-corrected chi connectivity index (χ1v) is 11.8. The molecule has 0 saturated heterocycles. The van der Waals surface area contributed by atoms with Gasteiger partial charge >= 0.3 is 15.6 Å². The van der Waals surface area contributed by atoms with Crippen LogP contribution < -0.4 is 9.37 Å². The summed E-state index contributed by atoms with van der Waals surface area (Å²) in [7, 11) is -8.17. The molecule has 0 fully saturated rings. The molecule has 0 radical (unpaired) electrons. The predicted octanol–water partition coefficient (Wildman–Crippen LogP) is 4.53. The van der Waals surface area contributed by atoms with Crippen LogP contribution in [0.3, 0.4) is 0 Å². The Labute approximate surface area is 139 Å². The summed E-state index contributed by atoms with van der Waals surface area (Å²) in [6.07, 6.45) is 0. The zero-order valence-corrected chi connectivity index (χ0v) is 15.9. The topological polar surface area (TPSA) is 43.4 Å². The molecule has 0 bridgehead atoms. The van der Waals surface area contributed by atoms with Crippen LogP contribution in [0.15, 0.2) is 10.5 Å². The summed E-state index contributed by atoms with van der Waals surface area (Å²) in [5.74, 6) is -0.568. The van der Waals surface area contributed by atoms with Gasteiger partial charge in [-0.1, -0.05) is 42.8 Å². The van der Waals surface area contributed by atoms with Crippen molar-refractivity contribution in [2.24, 2.45) is 0 Å². The fourth-order valence-corrected chi connectivity index (χ4v) is 5.81. The summed E-state index contributed by atoms with van der Waals surface area (Å²) in [4.78, 5) is 0. The molecule has 11 heteroatoms. The van der Waals surface area contributed by atoms with Gasteiger partial charge in [0.2, 0.25) is 0 Å². The van der Waals surface area contributed by atoms with Crippen LogP contribution in [0.25, 0.3) is 0 Å². The van der Waals surface area contributed by atoms with Crippen LogP contribution in [0.2, 0.25) is 29.7 Å². The average molecular weight is 446 g/mol. The van der Waals surface area contributed by atoms with Crippen LogP contribution in [0.4, 0.5) is 13.2 Å². The number of benzene rings is 1. The van der Waals surface area contributed by atoms with Crippen LogP contribution in [-0.2, 0) is 10.1 Å². The second-order valence-electron chi connectivity index (χ2n) is 5.09. The minimum atomic E-state index is -5.82. The lowest BCUT2D eigenvalue weighted by molar-refractivity contribution is -0.0499. The molecule has 0 heterocycles. The molecule has 0 aliphatic heterocycles. The van der Waals surface area contributed by atoms with Crippen molar-refractivity contribution >= 4 is 62.5 Å². The highest BCUT2D eigenvalue weighted by Gasteiger charge is 2.49. The van der Waals surface area contributed by atoms with Gasteiger partial charge in [-0.25, -0.2) is 0 Å². The molecule has 0 amide bonds. The van der Waals surface area contributed by atoms with E-state index in [2.05, 4.69) is 20.1 Å². The van der Waals surface area contributed by atoms with E-state index in [-0.39, 0.29) is 15.2 Å². The van der Waals surface area contributed by atoms with Crippen molar-refractivity contribution < 1.29 is 25.8 Å². The molecular weight excluding hydrogens is 436 g/mol. The van der Waals surface area contributed by atoms with E-state index >= 15 is 0 Å². The summed E-state index contributed by atoms with van der Waals surface area (Å²) < 4.78 is 64.4. The van der Waals surface area contributed by atoms with E-state index < -0.39 is 29.4 Å². The van der Waals surface area contributed by atoms with Gasteiger partial charge in [0.25, 0.3) is 0 Å². The van der Waals surface area contributed by atoms with Crippen LogP contribution in [0.5, 0.6) is 5.75 Å². The Morgan fingerprint density at radius 2 is 1.71 bits per heavy atom. The second-order valence-corrected chi connectivity index (χ2v) is 13.3. The molecule has 1 rings (SSSR count). The van der Waals surface area contributed by atoms with E-state index in [0.29, 0.717) is 4.47 Å². The third-order valence-electron chi connectivity index (χ3n) is 2.35. The molecule has 0 spiro atoms. The van der Waals surface area contributed by atoms with Gasteiger partial charge in [-0.3, -0.25) is 0 Å². The molecule has 0 N–H and O–H groups in total. The molecule has 0 aromatic heterocycles. The van der Waals surface area contributed by atoms with E-state index in [1.807, 2.05) is 0 Å². The molecule has 3 nitrogen and oxygen atoms in total. The highest BCUT2D eigenvalue weighted by Crippen LogP contribution is 2.37. The molecule has 120 valence electrons. The molecule has 21 heavy (non-hydrogen) atoms. The van der Waals surface area contributed by atoms with E-state index in [4.69, 9.17) is 23.2 Å². The fraction of sp³-hybridized carbons (Fsp3) is 0.400. The summed E-state index contributed by atoms with van der Waals surface area (Å²) in [6.45, 7) is 5.30. The van der Waals surface area contributed by atoms with Crippen LogP contribution in [0, 0.1) is 0 Å². The molecule has 0 aliphatic rings. The minimum Gasteiger partial charge on any atom is -0.374 e. The molecule has 0 atom stereocenters. The average Bonchev–Trinajstić information content (AvgIpc) is 2.22. The van der Waals surface area contributed by atoms with Crippen molar-refractivity contribution in [1.29, 1.82) is 0 Å². The highest BCUT2D eigenvalue weighted by atomic mass is 79.9. The first-order chi connectivity index (χ1) is 9.18. The van der Waals surface area contributed by atoms with Crippen molar-refractivity contribution in [2.45, 2.75) is 25.1 Å². The maximum absolute atomic E-state index is 12.5. The smallest absolute Gasteiger partial charge is 0.374 e. The van der Waals surface area contributed by atoms with Crippen molar-refractivity contribution in [3.8, 4) is 5.75 Å². The Hall–Kier alpha value is 0.0369. The number of hydrogen-bond acceptors (Lipinski definition) is 3. The van der Waals surface area contributed by atoms with Gasteiger partial charge in [0.1, 0.15) is 0 Å². The zero-order chi connectivity index (χ0) is 16.8. The van der Waals surface area contributed by atoms with Gasteiger partial charge in [-0.15, -0.1) is 0 Å². The highest BCUT2D eigenvalue weighted by molar-refractivity contribution is 9.10. The Morgan fingerprint density at radius 1 is 1.24 bits per heavy atom. The number of rotatable bonds is 3. The van der Waals surface area contributed by atoms with E-state index in [1.54, 1.807) is 19.6 Å². The third kappa shape index (κ3) is 4.07. The number of hydrogen-bond donors (Lipinski definition) is 0. The van der Waals surface area contributed by atoms with Gasteiger partial charge in [0.05, 0.1) is 18.1 Å². The van der Waals surface area contributed by atoms with Crippen molar-refractivity contribution in [2.75, 3.05) is 0 Å². The maximum Gasteiger partial charge on any atom is 0.534 e. The lowest BCUT2D eigenvalue weighted by Crippen LogP contribution is -2.41. The largest absolute Gasteiger partial charge is 0.534 e. The molecule has 0 saturated carbocycles. The van der Waals surface area contributed by atoms with Crippen molar-refractivity contribution in [3.05, 3.63) is 20.6 Å². The number of halogens is 6. The first-order valence-electron chi connectivity index (χ1n) is 5.37. The normalized spacial score (nSPS) is 13.4. The third-order valence-corrected chi connectivity index (χ3v) is 6.97. The van der Waals surface area contributed by atoms with Crippen LogP contribution >= 0.6 is 39.1 Å². The van der Waals surface area contributed by atoms with Gasteiger partial charge in [-0.2, -0.15) is 21.6 Å². The number of alkyl halides is 3. The molecule has 0 unspecified atom stereocenters. The summed E-state index contributed by atoms with van der Waals surface area (Å²) in [6, 6.07) is 1.19. The molecule has 1 aromatic carbocycles. The van der Waals surface area contributed by atoms with Gasteiger partial charge in [0, 0.05) is 9.66 Å². The molecular formula is C10H10BrCl2F3O3SSi. The Morgan fingerprint density at radius 3 is 2.10 bits per heavy atom. The Bertz CT molecular complexity index is 672. The van der Waals surface area contributed by atoms with Crippen molar-refractivity contribution in [3.63, 3.8) is 0 Å². The first kappa shape index (κ1) is 19.1. The van der Waals surface area contributed by atoms with Gasteiger partial charge in [0.15, 0.2) is 5.75 Å². The lowest BCUT2D eigenvalue weighted by Gasteiger charge is -2.24. The minimum absolute atomic E-state index is 0.0888. The standard InChI is InChI=1S/C10H10BrCl2F3O3SSi/c1-21(2,3)9-7(13)5(11)4-6(12)8(9)19-20(17,18)10(14,15)16/h4H,1-3H3. The van der Waals surface area contributed by atoms with E-state index in [9.17, 15) is 21.6 Å². The molecule has 0 aliphatic carbocycles.